The van der Waals surface area contributed by atoms with Crippen molar-refractivity contribution in [2.45, 2.75) is 45.2 Å². The van der Waals surface area contributed by atoms with Crippen LogP contribution in [0.2, 0.25) is 0 Å². The van der Waals surface area contributed by atoms with Crippen LogP contribution in [-0.2, 0) is 0 Å². The van der Waals surface area contributed by atoms with Crippen LogP contribution < -0.4 is 5.32 Å². The molecular formula is C15H26FN3. The number of nitrogens with zero attached hydrogens (tertiary/aromatic N) is 2. The van der Waals surface area contributed by atoms with Gasteiger partial charge in [-0.05, 0) is 52.9 Å². The Morgan fingerprint density at radius 2 is 2.11 bits per heavy atom. The van der Waals surface area contributed by atoms with Crippen molar-refractivity contribution in [3.8, 4) is 0 Å². The molecule has 0 saturated carbocycles. The van der Waals surface area contributed by atoms with Crippen LogP contribution in [0, 0.1) is 5.82 Å². The van der Waals surface area contributed by atoms with Gasteiger partial charge in [-0.2, -0.15) is 0 Å². The van der Waals surface area contributed by atoms with E-state index in [0.29, 0.717) is 0 Å². The van der Waals surface area contributed by atoms with Crippen LogP contribution in [0.3, 0.4) is 0 Å². The van der Waals surface area contributed by atoms with Crippen LogP contribution in [0.15, 0.2) is 18.3 Å². The molecule has 19 heavy (non-hydrogen) atoms. The van der Waals surface area contributed by atoms with E-state index in [1.807, 2.05) is 7.05 Å². The highest BCUT2D eigenvalue weighted by molar-refractivity contribution is 5.09. The van der Waals surface area contributed by atoms with Gasteiger partial charge < -0.3 is 10.2 Å². The number of rotatable bonds is 7. The van der Waals surface area contributed by atoms with Crippen molar-refractivity contribution in [2.75, 3.05) is 20.6 Å². The smallest absolute Gasteiger partial charge is 0.141 e. The van der Waals surface area contributed by atoms with E-state index in [0.717, 1.165) is 25.1 Å². The molecule has 1 N–H and O–H groups in total. The lowest BCUT2D eigenvalue weighted by Gasteiger charge is -2.35. The Labute approximate surface area is 116 Å². The molecule has 0 fully saturated rings. The molecule has 0 aliphatic rings. The van der Waals surface area contributed by atoms with Crippen molar-refractivity contribution in [1.82, 2.24) is 15.2 Å². The lowest BCUT2D eigenvalue weighted by atomic mass is 9.99. The van der Waals surface area contributed by atoms with Gasteiger partial charge in [-0.25, -0.2) is 4.39 Å². The number of nitrogens with one attached hydrogen (secondary N) is 1. The van der Waals surface area contributed by atoms with Crippen LogP contribution >= 0.6 is 0 Å². The third-order valence-electron chi connectivity index (χ3n) is 4.11. The second-order valence-corrected chi connectivity index (χ2v) is 5.62. The topological polar surface area (TPSA) is 28.2 Å². The largest absolute Gasteiger partial charge is 0.312 e. The van der Waals surface area contributed by atoms with Crippen molar-refractivity contribution in [3.05, 3.63) is 29.8 Å². The fraction of sp³-hybridized carbons (Fsp3) is 0.667. The maximum absolute atomic E-state index is 12.9. The highest BCUT2D eigenvalue weighted by Crippen LogP contribution is 2.20. The Morgan fingerprint density at radius 1 is 1.42 bits per heavy atom. The van der Waals surface area contributed by atoms with Gasteiger partial charge in [0.15, 0.2) is 0 Å². The van der Waals surface area contributed by atoms with Gasteiger partial charge in [-0.15, -0.1) is 0 Å². The first kappa shape index (κ1) is 16.1. The Morgan fingerprint density at radius 3 is 2.58 bits per heavy atom. The predicted octanol–water partition coefficient (Wildman–Crippen LogP) is 2.99. The zero-order chi connectivity index (χ0) is 14.5. The first-order valence-electron chi connectivity index (χ1n) is 6.90. The van der Waals surface area contributed by atoms with Gasteiger partial charge in [0.05, 0.1) is 17.9 Å². The Bertz CT molecular complexity index is 375. The van der Waals surface area contributed by atoms with Crippen LogP contribution in [0.25, 0.3) is 0 Å². The fourth-order valence-corrected chi connectivity index (χ4v) is 1.93. The quantitative estimate of drug-likeness (QED) is 0.823. The van der Waals surface area contributed by atoms with Crippen LogP contribution in [-0.4, -0.2) is 36.1 Å². The first-order valence-corrected chi connectivity index (χ1v) is 6.90. The minimum atomic E-state index is -0.289. The molecule has 0 spiro atoms. The van der Waals surface area contributed by atoms with Crippen molar-refractivity contribution in [3.63, 3.8) is 0 Å². The molecule has 0 radical (unpaired) electrons. The highest BCUT2D eigenvalue weighted by atomic mass is 19.1. The van der Waals surface area contributed by atoms with E-state index >= 15 is 0 Å². The maximum Gasteiger partial charge on any atom is 0.141 e. The molecule has 4 heteroatoms. The normalized spacial score (nSPS) is 13.8. The third kappa shape index (κ3) is 4.55. The fourth-order valence-electron chi connectivity index (χ4n) is 1.93. The minimum Gasteiger partial charge on any atom is -0.312 e. The standard InChI is InChI=1S/C15H26FN3/c1-6-15(2,3)19(5)10-9-13(17-4)14-8-7-12(16)11-18-14/h7-8,11,13,17H,6,9-10H2,1-5H3. The molecular weight excluding hydrogens is 241 g/mol. The van der Waals surface area contributed by atoms with Gasteiger partial charge in [0.25, 0.3) is 0 Å². The minimum absolute atomic E-state index is 0.163. The Kier molecular flexibility index (Phi) is 5.88. The van der Waals surface area contributed by atoms with Crippen molar-refractivity contribution in [1.29, 1.82) is 0 Å². The lowest BCUT2D eigenvalue weighted by Crippen LogP contribution is -2.41. The predicted molar refractivity (Wildman–Crippen MR) is 77.6 cm³/mol. The Hall–Kier alpha value is -1.00. The molecule has 0 aliphatic carbocycles. The molecule has 1 unspecified atom stereocenters. The first-order chi connectivity index (χ1) is 8.90. The number of aromatic nitrogens is 1. The molecule has 1 aromatic rings. The summed E-state index contributed by atoms with van der Waals surface area (Å²) in [5.74, 6) is -0.289. The van der Waals surface area contributed by atoms with Crippen molar-refractivity contribution < 1.29 is 4.39 Å². The maximum atomic E-state index is 12.9. The molecule has 3 nitrogen and oxygen atoms in total. The zero-order valence-corrected chi connectivity index (χ0v) is 12.7. The summed E-state index contributed by atoms with van der Waals surface area (Å²) in [6, 6.07) is 3.38. The summed E-state index contributed by atoms with van der Waals surface area (Å²) >= 11 is 0. The monoisotopic (exact) mass is 267 g/mol. The summed E-state index contributed by atoms with van der Waals surface area (Å²) in [7, 11) is 4.06. The number of hydrogen-bond donors (Lipinski definition) is 1. The lowest BCUT2D eigenvalue weighted by molar-refractivity contribution is 0.144. The van der Waals surface area contributed by atoms with E-state index in [4.69, 9.17) is 0 Å². The number of hydrogen-bond acceptors (Lipinski definition) is 3. The van der Waals surface area contributed by atoms with E-state index < -0.39 is 0 Å². The van der Waals surface area contributed by atoms with Crippen molar-refractivity contribution >= 4 is 0 Å². The van der Waals surface area contributed by atoms with Crippen molar-refractivity contribution in [2.24, 2.45) is 0 Å². The van der Waals surface area contributed by atoms with Gasteiger partial charge in [-0.3, -0.25) is 4.98 Å². The second kappa shape index (κ2) is 6.96. The summed E-state index contributed by atoms with van der Waals surface area (Å²) < 4.78 is 12.9. The van der Waals surface area contributed by atoms with Gasteiger partial charge in [0.1, 0.15) is 5.82 Å². The summed E-state index contributed by atoms with van der Waals surface area (Å²) in [6.07, 6.45) is 3.34. The summed E-state index contributed by atoms with van der Waals surface area (Å²) in [5.41, 5.74) is 1.10. The molecule has 108 valence electrons. The zero-order valence-electron chi connectivity index (χ0n) is 12.7. The molecule has 1 heterocycles. The third-order valence-corrected chi connectivity index (χ3v) is 4.11. The molecule has 0 saturated heterocycles. The molecule has 0 aromatic carbocycles. The molecule has 0 aliphatic heterocycles. The molecule has 0 bridgehead atoms. The second-order valence-electron chi connectivity index (χ2n) is 5.62. The van der Waals surface area contributed by atoms with Gasteiger partial charge in [0, 0.05) is 12.1 Å². The number of halogens is 1. The van der Waals surface area contributed by atoms with Crippen LogP contribution in [0.5, 0.6) is 0 Å². The molecule has 1 aromatic heterocycles. The molecule has 1 rings (SSSR count). The SMILES string of the molecule is CCC(C)(C)N(C)CCC(NC)c1ccc(F)cn1. The van der Waals surface area contributed by atoms with E-state index in [9.17, 15) is 4.39 Å². The van der Waals surface area contributed by atoms with Crippen LogP contribution in [0.4, 0.5) is 4.39 Å². The highest BCUT2D eigenvalue weighted by Gasteiger charge is 2.22. The Balaban J connectivity index is 2.61. The summed E-state index contributed by atoms with van der Waals surface area (Å²) in [4.78, 5) is 6.52. The van der Waals surface area contributed by atoms with E-state index in [2.05, 4.69) is 43.0 Å². The number of pyridine rings is 1. The molecule has 0 amide bonds. The summed E-state index contributed by atoms with van der Waals surface area (Å²) in [6.45, 7) is 7.67. The van der Waals surface area contributed by atoms with Gasteiger partial charge >= 0.3 is 0 Å². The average molecular weight is 267 g/mol. The van der Waals surface area contributed by atoms with E-state index in [1.165, 1.54) is 12.3 Å². The molecule has 1 atom stereocenters. The van der Waals surface area contributed by atoms with E-state index in [-0.39, 0.29) is 17.4 Å². The van der Waals surface area contributed by atoms with Crippen LogP contribution in [0.1, 0.15) is 45.3 Å². The van der Waals surface area contributed by atoms with E-state index in [1.54, 1.807) is 6.07 Å². The van der Waals surface area contributed by atoms with Gasteiger partial charge in [0.2, 0.25) is 0 Å². The average Bonchev–Trinajstić information content (AvgIpc) is 2.41. The van der Waals surface area contributed by atoms with Gasteiger partial charge in [-0.1, -0.05) is 6.92 Å². The summed E-state index contributed by atoms with van der Waals surface area (Å²) in [5, 5.41) is 3.25.